The minimum Gasteiger partial charge on any atom is -0.506 e. The molecule has 2 N–H and O–H groups in total. The van der Waals surface area contributed by atoms with Gasteiger partial charge in [0.25, 0.3) is 0 Å². The molecule has 0 saturated heterocycles. The number of alkyl halides is 3. The maximum Gasteiger partial charge on any atom is 0.432 e. The van der Waals surface area contributed by atoms with Crippen LogP contribution in [0, 0.1) is 0 Å². The first-order chi connectivity index (χ1) is 14.3. The zero-order valence-corrected chi connectivity index (χ0v) is 16.8. The number of halogens is 4. The average Bonchev–Trinajstić information content (AvgIpc) is 3.39. The first-order valence-electron chi connectivity index (χ1n) is 8.71. The Balaban J connectivity index is 1.72. The van der Waals surface area contributed by atoms with Gasteiger partial charge in [0.15, 0.2) is 0 Å². The molecule has 0 spiro atoms. The highest BCUT2D eigenvalue weighted by Crippen LogP contribution is 2.45. The Hall–Kier alpha value is -2.97. The number of aromatic nitrogens is 2. The number of benzene rings is 2. The molecule has 0 aliphatic heterocycles. The molecule has 4 nitrogen and oxygen atoms in total. The molecule has 4 rings (SSSR count). The largest absolute Gasteiger partial charge is 0.506 e. The summed E-state index contributed by atoms with van der Waals surface area (Å²) in [5.74, 6) is 0.193. The number of aromatic amines is 1. The topological polar surface area (TPSA) is 58.1 Å². The third-order valence-corrected chi connectivity index (χ3v) is 5.35. The van der Waals surface area contributed by atoms with Gasteiger partial charge in [0.05, 0.1) is 11.3 Å². The van der Waals surface area contributed by atoms with E-state index in [-0.39, 0.29) is 23.6 Å². The van der Waals surface area contributed by atoms with Crippen molar-refractivity contribution in [1.29, 1.82) is 0 Å². The zero-order chi connectivity index (χ0) is 21.3. The van der Waals surface area contributed by atoms with E-state index in [1.54, 1.807) is 24.3 Å². The van der Waals surface area contributed by atoms with Crippen LogP contribution in [0.5, 0.6) is 11.5 Å². The summed E-state index contributed by atoms with van der Waals surface area (Å²) in [5, 5.41) is 20.9. The lowest BCUT2D eigenvalue weighted by Gasteiger charge is -2.15. The number of ether oxygens (including phenoxy) is 1. The fourth-order valence-electron chi connectivity index (χ4n) is 2.93. The van der Waals surface area contributed by atoms with Crippen LogP contribution in [0.4, 0.5) is 13.2 Å². The quantitative estimate of drug-likeness (QED) is 0.353. The molecule has 0 aliphatic carbocycles. The summed E-state index contributed by atoms with van der Waals surface area (Å²) in [6.45, 7) is 0.230. The fraction of sp³-hybridized carbons (Fsp3) is 0.0952. The third kappa shape index (κ3) is 4.15. The van der Waals surface area contributed by atoms with Crippen LogP contribution in [0.15, 0.2) is 59.3 Å². The van der Waals surface area contributed by atoms with Gasteiger partial charge in [-0.2, -0.15) is 29.6 Å². The summed E-state index contributed by atoms with van der Waals surface area (Å²) in [4.78, 5) is 0. The van der Waals surface area contributed by atoms with Crippen LogP contribution in [0.1, 0.15) is 11.3 Å². The molecule has 0 amide bonds. The number of nitrogens with one attached hydrogen (secondary N) is 1. The summed E-state index contributed by atoms with van der Waals surface area (Å²) in [6.07, 6.45) is -4.56. The van der Waals surface area contributed by atoms with Gasteiger partial charge in [-0.3, -0.25) is 5.10 Å². The lowest BCUT2D eigenvalue weighted by atomic mass is 10.0. The number of nitrogens with zero attached hydrogens (tertiary/aromatic N) is 1. The zero-order valence-electron chi connectivity index (χ0n) is 15.2. The van der Waals surface area contributed by atoms with Crippen molar-refractivity contribution in [2.75, 3.05) is 0 Å². The van der Waals surface area contributed by atoms with Crippen molar-refractivity contribution >= 4 is 22.9 Å². The van der Waals surface area contributed by atoms with Crippen molar-refractivity contribution in [2.45, 2.75) is 12.8 Å². The number of H-pyrrole nitrogens is 1. The second-order valence-corrected chi connectivity index (χ2v) is 7.64. The monoisotopic (exact) mass is 450 g/mol. The molecule has 0 radical (unpaired) electrons. The predicted octanol–water partition coefficient (Wildman–Crippen LogP) is 6.76. The van der Waals surface area contributed by atoms with Gasteiger partial charge in [-0.05, 0) is 58.3 Å². The Labute approximate surface area is 178 Å². The van der Waals surface area contributed by atoms with Crippen molar-refractivity contribution in [2.24, 2.45) is 0 Å². The highest BCUT2D eigenvalue weighted by Gasteiger charge is 2.33. The summed E-state index contributed by atoms with van der Waals surface area (Å²) >= 11 is 7.32. The molecule has 4 aromatic rings. The molecule has 0 atom stereocenters. The number of phenols is 1. The van der Waals surface area contributed by atoms with Crippen LogP contribution in [-0.2, 0) is 12.8 Å². The Morgan fingerprint density at radius 1 is 1.10 bits per heavy atom. The Morgan fingerprint density at radius 2 is 1.87 bits per heavy atom. The fourth-order valence-corrected chi connectivity index (χ4v) is 3.70. The van der Waals surface area contributed by atoms with Gasteiger partial charge >= 0.3 is 6.18 Å². The maximum absolute atomic E-state index is 12.9. The first-order valence-corrected chi connectivity index (χ1v) is 10.0. The third-order valence-electron chi connectivity index (χ3n) is 4.42. The molecule has 0 bridgehead atoms. The minimum atomic E-state index is -4.56. The summed E-state index contributed by atoms with van der Waals surface area (Å²) < 4.78 is 44.6. The molecule has 9 heteroatoms. The molecule has 2 heterocycles. The van der Waals surface area contributed by atoms with Crippen LogP contribution in [-0.4, -0.2) is 15.3 Å². The molecule has 0 fully saturated rings. The van der Waals surface area contributed by atoms with Crippen molar-refractivity contribution in [3.8, 4) is 33.9 Å². The lowest BCUT2D eigenvalue weighted by Crippen LogP contribution is -2.04. The maximum atomic E-state index is 12.9. The molecule has 0 unspecified atom stereocenters. The van der Waals surface area contributed by atoms with Gasteiger partial charge in [0, 0.05) is 10.6 Å². The smallest absolute Gasteiger partial charge is 0.432 e. The second-order valence-electron chi connectivity index (χ2n) is 6.43. The Bertz CT molecular complexity index is 1160. The standard InChI is InChI=1S/C21H14ClF3N2O2S/c22-14-3-1-12(2-4-14)10-29-17-6-5-15(16-9-18(27-26-16)21(23,24)25)20(28)19(17)13-7-8-30-11-13/h1-9,11,28H,10H2,(H,26,27). The number of phenolic OH excluding ortho intramolecular Hbond substituents is 1. The van der Waals surface area contributed by atoms with Gasteiger partial charge in [-0.15, -0.1) is 0 Å². The molecule has 2 aromatic carbocycles. The number of hydrogen-bond acceptors (Lipinski definition) is 4. The van der Waals surface area contributed by atoms with Gasteiger partial charge < -0.3 is 9.84 Å². The Morgan fingerprint density at radius 3 is 2.50 bits per heavy atom. The average molecular weight is 451 g/mol. The molecule has 2 aromatic heterocycles. The van der Waals surface area contributed by atoms with Crippen molar-refractivity contribution in [3.05, 3.63) is 75.6 Å². The number of rotatable bonds is 5. The SMILES string of the molecule is Oc1c(-c2cc(C(F)(F)F)[nH]n2)ccc(OCc2ccc(Cl)cc2)c1-c1ccsc1. The normalized spacial score (nSPS) is 11.6. The number of aromatic hydroxyl groups is 1. The van der Waals surface area contributed by atoms with Crippen LogP contribution >= 0.6 is 22.9 Å². The highest BCUT2D eigenvalue weighted by atomic mass is 35.5. The van der Waals surface area contributed by atoms with Gasteiger partial charge in [-0.1, -0.05) is 23.7 Å². The second kappa shape index (κ2) is 8.04. The van der Waals surface area contributed by atoms with E-state index in [0.29, 0.717) is 21.9 Å². The van der Waals surface area contributed by atoms with Gasteiger partial charge in [0.2, 0.25) is 0 Å². The minimum absolute atomic E-state index is 0.0134. The molecule has 154 valence electrons. The number of hydrogen-bond donors (Lipinski definition) is 2. The van der Waals surface area contributed by atoms with E-state index >= 15 is 0 Å². The molecule has 0 saturated carbocycles. The van der Waals surface area contributed by atoms with E-state index in [1.807, 2.05) is 28.0 Å². The first kappa shape index (κ1) is 20.3. The van der Waals surface area contributed by atoms with Crippen LogP contribution in [0.3, 0.4) is 0 Å². The van der Waals surface area contributed by atoms with Crippen LogP contribution in [0.25, 0.3) is 22.4 Å². The van der Waals surface area contributed by atoms with Crippen molar-refractivity contribution in [1.82, 2.24) is 10.2 Å². The molecular weight excluding hydrogens is 437 g/mol. The van der Waals surface area contributed by atoms with Crippen LogP contribution < -0.4 is 4.74 Å². The van der Waals surface area contributed by atoms with Crippen LogP contribution in [0.2, 0.25) is 5.02 Å². The van der Waals surface area contributed by atoms with Crippen molar-refractivity contribution in [3.63, 3.8) is 0 Å². The van der Waals surface area contributed by atoms with E-state index in [9.17, 15) is 18.3 Å². The summed E-state index contributed by atoms with van der Waals surface area (Å²) in [6, 6.07) is 12.9. The lowest BCUT2D eigenvalue weighted by molar-refractivity contribution is -0.141. The molecular formula is C21H14ClF3N2O2S. The summed E-state index contributed by atoms with van der Waals surface area (Å²) in [7, 11) is 0. The van der Waals surface area contributed by atoms with Gasteiger partial charge in [-0.25, -0.2) is 0 Å². The van der Waals surface area contributed by atoms with E-state index < -0.39 is 11.9 Å². The predicted molar refractivity (Wildman–Crippen MR) is 110 cm³/mol. The highest BCUT2D eigenvalue weighted by molar-refractivity contribution is 7.08. The summed E-state index contributed by atoms with van der Waals surface area (Å²) in [5.41, 5.74) is 1.12. The molecule has 30 heavy (non-hydrogen) atoms. The number of thiophene rings is 1. The van der Waals surface area contributed by atoms with E-state index in [2.05, 4.69) is 5.10 Å². The van der Waals surface area contributed by atoms with E-state index in [4.69, 9.17) is 16.3 Å². The van der Waals surface area contributed by atoms with Gasteiger partial charge in [0.1, 0.15) is 23.8 Å². The van der Waals surface area contributed by atoms with Crippen molar-refractivity contribution < 1.29 is 23.0 Å². The Kier molecular flexibility index (Phi) is 5.44. The van der Waals surface area contributed by atoms with E-state index in [0.717, 1.165) is 11.6 Å². The molecule has 0 aliphatic rings. The van der Waals surface area contributed by atoms with E-state index in [1.165, 1.54) is 17.4 Å².